The Balaban J connectivity index is 1.31. The average Bonchev–Trinajstić information content (AvgIpc) is 3.40. The topological polar surface area (TPSA) is 119 Å². The fraction of sp³-hybridized carbons (Fsp3) is 0.316. The number of carbonyl (C=O) groups excluding carboxylic acids is 1. The van der Waals surface area contributed by atoms with E-state index < -0.39 is 0 Å². The van der Waals surface area contributed by atoms with Crippen molar-refractivity contribution in [3.8, 4) is 11.5 Å². The summed E-state index contributed by atoms with van der Waals surface area (Å²) >= 11 is 1.18. The number of aromatic nitrogens is 2. The number of aryl methyl sites for hydroxylation is 1. The lowest BCUT2D eigenvalue weighted by Gasteiger charge is -2.35. The van der Waals surface area contributed by atoms with Crippen molar-refractivity contribution in [3.05, 3.63) is 52.5 Å². The molecule has 3 heterocycles. The third-order valence-electron chi connectivity index (χ3n) is 4.87. The number of anilines is 1. The molecule has 2 aromatic heterocycles. The van der Waals surface area contributed by atoms with E-state index in [1.165, 1.54) is 17.8 Å². The Bertz CT molecular complexity index is 1060. The first-order valence-electron chi connectivity index (χ1n) is 9.30. The van der Waals surface area contributed by atoms with Crippen LogP contribution in [-0.4, -0.2) is 57.9 Å². The smallest absolute Gasteiger partial charge is 0.292 e. The molecule has 1 saturated heterocycles. The van der Waals surface area contributed by atoms with E-state index in [1.54, 1.807) is 42.4 Å². The molecule has 1 fully saturated rings. The van der Waals surface area contributed by atoms with E-state index in [0.717, 1.165) is 5.56 Å². The van der Waals surface area contributed by atoms with Crippen molar-refractivity contribution in [2.75, 3.05) is 36.8 Å². The van der Waals surface area contributed by atoms with Crippen LogP contribution in [0.5, 0.6) is 0 Å². The fourth-order valence-electron chi connectivity index (χ4n) is 3.28. The first-order valence-corrected chi connectivity index (χ1v) is 10.3. The molecule has 0 bridgehead atoms. The third-order valence-corrected chi connectivity index (χ3v) is 5.67. The van der Waals surface area contributed by atoms with E-state index in [2.05, 4.69) is 10.2 Å². The molecule has 11 heteroatoms. The molecule has 0 aliphatic carbocycles. The lowest BCUT2D eigenvalue weighted by atomic mass is 10.2. The molecule has 0 atom stereocenters. The number of nitrogens with zero attached hydrogens (tertiary/aromatic N) is 5. The molecule has 1 aliphatic rings. The lowest BCUT2D eigenvalue weighted by Crippen LogP contribution is -2.49. The van der Waals surface area contributed by atoms with Crippen molar-refractivity contribution in [2.24, 2.45) is 0 Å². The highest BCUT2D eigenvalue weighted by molar-refractivity contribution is 7.99. The standard InChI is InChI=1S/C19H19N5O5S/c1-13-14(6-11-28-13)18-20-21-19(29-18)30-12-17(25)23-9-7-22(8-10-23)15-4-2-3-5-16(15)24(26)27/h2-6,11H,7-10,12H2,1H3. The van der Waals surface area contributed by atoms with E-state index in [4.69, 9.17) is 8.83 Å². The largest absolute Gasteiger partial charge is 0.469 e. The van der Waals surface area contributed by atoms with Gasteiger partial charge in [-0.1, -0.05) is 23.9 Å². The summed E-state index contributed by atoms with van der Waals surface area (Å²) in [7, 11) is 0. The van der Waals surface area contributed by atoms with Gasteiger partial charge < -0.3 is 18.6 Å². The summed E-state index contributed by atoms with van der Waals surface area (Å²) in [6.45, 7) is 3.86. The minimum atomic E-state index is -0.382. The first-order chi connectivity index (χ1) is 14.5. The second-order valence-electron chi connectivity index (χ2n) is 6.67. The highest BCUT2D eigenvalue weighted by atomic mass is 32.2. The van der Waals surface area contributed by atoms with E-state index >= 15 is 0 Å². The summed E-state index contributed by atoms with van der Waals surface area (Å²) in [4.78, 5) is 27.1. The normalized spacial score (nSPS) is 14.2. The molecule has 0 unspecified atom stereocenters. The van der Waals surface area contributed by atoms with Crippen LogP contribution in [0, 0.1) is 17.0 Å². The molecule has 1 amide bonds. The molecule has 1 aromatic carbocycles. The summed E-state index contributed by atoms with van der Waals surface area (Å²) in [5.74, 6) is 1.18. The number of thioether (sulfide) groups is 1. The first kappa shape index (κ1) is 20.0. The van der Waals surface area contributed by atoms with Gasteiger partial charge in [-0.2, -0.15) is 0 Å². The zero-order valence-corrected chi connectivity index (χ0v) is 17.0. The van der Waals surface area contributed by atoms with E-state index in [-0.39, 0.29) is 22.3 Å². The maximum atomic E-state index is 12.6. The molecule has 0 N–H and O–H groups in total. The van der Waals surface area contributed by atoms with Crippen LogP contribution >= 0.6 is 11.8 Å². The van der Waals surface area contributed by atoms with Gasteiger partial charge in [0.25, 0.3) is 16.8 Å². The second-order valence-corrected chi connectivity index (χ2v) is 7.59. The molecular weight excluding hydrogens is 410 g/mol. The molecule has 1 aliphatic heterocycles. The van der Waals surface area contributed by atoms with Crippen LogP contribution in [0.15, 0.2) is 50.7 Å². The molecule has 0 saturated carbocycles. The van der Waals surface area contributed by atoms with Crippen molar-refractivity contribution in [2.45, 2.75) is 12.1 Å². The maximum Gasteiger partial charge on any atom is 0.292 e. The van der Waals surface area contributed by atoms with Crippen molar-refractivity contribution >= 4 is 29.0 Å². The van der Waals surface area contributed by atoms with Crippen LogP contribution in [0.1, 0.15) is 5.76 Å². The van der Waals surface area contributed by atoms with Crippen molar-refractivity contribution in [1.29, 1.82) is 0 Å². The van der Waals surface area contributed by atoms with Crippen LogP contribution in [0.2, 0.25) is 0 Å². The molecule has 156 valence electrons. The molecule has 10 nitrogen and oxygen atoms in total. The van der Waals surface area contributed by atoms with Crippen molar-refractivity contribution in [1.82, 2.24) is 15.1 Å². The highest BCUT2D eigenvalue weighted by Crippen LogP contribution is 2.29. The summed E-state index contributed by atoms with van der Waals surface area (Å²) in [5.41, 5.74) is 1.39. The Hall–Kier alpha value is -3.34. The summed E-state index contributed by atoms with van der Waals surface area (Å²) in [6.07, 6.45) is 1.55. The van der Waals surface area contributed by atoms with Gasteiger partial charge in [-0.25, -0.2) is 0 Å². The minimum Gasteiger partial charge on any atom is -0.469 e. The van der Waals surface area contributed by atoms with Crippen LogP contribution in [0.4, 0.5) is 11.4 Å². The zero-order valence-electron chi connectivity index (χ0n) is 16.2. The molecule has 0 radical (unpaired) electrons. The molecule has 4 rings (SSSR count). The quantitative estimate of drug-likeness (QED) is 0.331. The Morgan fingerprint density at radius 3 is 2.67 bits per heavy atom. The number of hydrogen-bond acceptors (Lipinski definition) is 9. The van der Waals surface area contributed by atoms with E-state index in [0.29, 0.717) is 48.7 Å². The van der Waals surface area contributed by atoms with Crippen LogP contribution in [-0.2, 0) is 4.79 Å². The van der Waals surface area contributed by atoms with Gasteiger partial charge in [-0.3, -0.25) is 14.9 Å². The number of nitro groups is 1. The Morgan fingerprint density at radius 2 is 1.97 bits per heavy atom. The Labute approximate surface area is 176 Å². The SMILES string of the molecule is Cc1occc1-c1nnc(SCC(=O)N2CCN(c3ccccc3[N+](=O)[O-])CC2)o1. The fourth-order valence-corrected chi connectivity index (χ4v) is 3.95. The van der Waals surface area contributed by atoms with E-state index in [9.17, 15) is 14.9 Å². The Morgan fingerprint density at radius 1 is 1.20 bits per heavy atom. The molecule has 30 heavy (non-hydrogen) atoms. The van der Waals surface area contributed by atoms with Crippen molar-refractivity contribution in [3.63, 3.8) is 0 Å². The molecule has 3 aromatic rings. The number of nitro benzene ring substituents is 1. The highest BCUT2D eigenvalue weighted by Gasteiger charge is 2.26. The van der Waals surface area contributed by atoms with Gasteiger partial charge in [-0.05, 0) is 19.1 Å². The number of carbonyl (C=O) groups is 1. The number of furan rings is 1. The Kier molecular flexibility index (Phi) is 5.70. The van der Waals surface area contributed by atoms with Crippen molar-refractivity contribution < 1.29 is 18.6 Å². The zero-order chi connectivity index (χ0) is 21.1. The average molecular weight is 429 g/mol. The van der Waals surface area contributed by atoms with Crippen LogP contribution in [0.25, 0.3) is 11.5 Å². The number of benzene rings is 1. The second kappa shape index (κ2) is 8.57. The predicted octanol–water partition coefficient (Wildman–Crippen LogP) is 2.99. The number of amides is 1. The van der Waals surface area contributed by atoms with Gasteiger partial charge in [0.05, 0.1) is 22.5 Å². The summed E-state index contributed by atoms with van der Waals surface area (Å²) < 4.78 is 10.8. The number of para-hydroxylation sites is 2. The summed E-state index contributed by atoms with van der Waals surface area (Å²) in [6, 6.07) is 8.40. The monoisotopic (exact) mass is 429 g/mol. The van der Waals surface area contributed by atoms with Gasteiger partial charge in [0.1, 0.15) is 11.4 Å². The molecule has 0 spiro atoms. The van der Waals surface area contributed by atoms with E-state index in [1.807, 2.05) is 4.90 Å². The minimum absolute atomic E-state index is 0.0403. The van der Waals surface area contributed by atoms with Gasteiger partial charge in [0, 0.05) is 32.2 Å². The van der Waals surface area contributed by atoms with Gasteiger partial charge in [0.15, 0.2) is 0 Å². The van der Waals surface area contributed by atoms with Gasteiger partial charge >= 0.3 is 0 Å². The summed E-state index contributed by atoms with van der Waals surface area (Å²) in [5, 5.41) is 19.5. The van der Waals surface area contributed by atoms with Gasteiger partial charge in [0.2, 0.25) is 5.91 Å². The number of rotatable bonds is 6. The molecular formula is C19H19N5O5S. The lowest BCUT2D eigenvalue weighted by molar-refractivity contribution is -0.384. The van der Waals surface area contributed by atoms with Crippen LogP contribution in [0.3, 0.4) is 0 Å². The van der Waals surface area contributed by atoms with Gasteiger partial charge in [-0.15, -0.1) is 10.2 Å². The number of hydrogen-bond donors (Lipinski definition) is 0. The predicted molar refractivity (Wildman–Crippen MR) is 109 cm³/mol. The maximum absolute atomic E-state index is 12.6. The van der Waals surface area contributed by atoms with Crippen LogP contribution < -0.4 is 4.90 Å². The number of piperazine rings is 1. The third kappa shape index (κ3) is 4.15.